The van der Waals surface area contributed by atoms with Crippen molar-refractivity contribution in [3.8, 4) is 11.8 Å². The summed E-state index contributed by atoms with van der Waals surface area (Å²) in [6, 6.07) is 3.76. The maximum Gasteiger partial charge on any atom is 0.337 e. The summed E-state index contributed by atoms with van der Waals surface area (Å²) < 4.78 is 0. The zero-order chi connectivity index (χ0) is 10.0. The number of nitrogen functional groups attached to an aromatic ring is 1. The van der Waals surface area contributed by atoms with Gasteiger partial charge in [-0.2, -0.15) is 5.26 Å². The predicted octanol–water partition coefficient (Wildman–Crippen LogP) is 0.544. The minimum absolute atomic E-state index is 0.0394. The Morgan fingerprint density at radius 2 is 2.15 bits per heavy atom. The molecule has 0 bridgehead atoms. The van der Waals surface area contributed by atoms with Gasteiger partial charge < -0.3 is 15.9 Å². The molecule has 0 heterocycles. The highest BCUT2D eigenvalue weighted by Gasteiger charge is 2.11. The van der Waals surface area contributed by atoms with Crippen LogP contribution < -0.4 is 5.73 Å². The average Bonchev–Trinajstić information content (AvgIpc) is 2.07. The van der Waals surface area contributed by atoms with E-state index in [1.807, 2.05) is 0 Å². The van der Waals surface area contributed by atoms with Gasteiger partial charge in [0.15, 0.2) is 0 Å². The topological polar surface area (TPSA) is 107 Å². The largest absolute Gasteiger partial charge is 0.507 e. The van der Waals surface area contributed by atoms with Crippen LogP contribution in [0.1, 0.15) is 15.9 Å². The third-order valence-corrected chi connectivity index (χ3v) is 1.52. The molecule has 0 amide bonds. The lowest BCUT2D eigenvalue weighted by molar-refractivity contribution is 0.0697. The van der Waals surface area contributed by atoms with Crippen LogP contribution in [0, 0.1) is 11.3 Å². The van der Waals surface area contributed by atoms with Gasteiger partial charge in [0.1, 0.15) is 11.8 Å². The van der Waals surface area contributed by atoms with E-state index in [4.69, 9.17) is 21.2 Å². The summed E-state index contributed by atoms with van der Waals surface area (Å²) in [7, 11) is 0. The van der Waals surface area contributed by atoms with Gasteiger partial charge in [0.05, 0.1) is 11.1 Å². The molecule has 0 fully saturated rings. The monoisotopic (exact) mass is 178 g/mol. The van der Waals surface area contributed by atoms with Gasteiger partial charge in [-0.3, -0.25) is 0 Å². The molecule has 0 saturated carbocycles. The number of carboxylic acid groups (broad SMARTS) is 1. The average molecular weight is 178 g/mol. The third-order valence-electron chi connectivity index (χ3n) is 1.52. The van der Waals surface area contributed by atoms with Crippen molar-refractivity contribution in [2.24, 2.45) is 0 Å². The van der Waals surface area contributed by atoms with Crippen LogP contribution in [0.5, 0.6) is 5.75 Å². The Kier molecular flexibility index (Phi) is 2.07. The van der Waals surface area contributed by atoms with Crippen molar-refractivity contribution in [3.05, 3.63) is 23.3 Å². The molecule has 4 N–H and O–H groups in total. The van der Waals surface area contributed by atoms with E-state index in [2.05, 4.69) is 0 Å². The summed E-state index contributed by atoms with van der Waals surface area (Å²) in [6.07, 6.45) is 0. The number of nitriles is 1. The maximum atomic E-state index is 10.5. The second-order valence-corrected chi connectivity index (χ2v) is 2.37. The van der Waals surface area contributed by atoms with E-state index < -0.39 is 5.97 Å². The van der Waals surface area contributed by atoms with Crippen molar-refractivity contribution in [3.63, 3.8) is 0 Å². The summed E-state index contributed by atoms with van der Waals surface area (Å²) in [4.78, 5) is 10.5. The van der Waals surface area contributed by atoms with E-state index >= 15 is 0 Å². The van der Waals surface area contributed by atoms with Gasteiger partial charge in [0.2, 0.25) is 0 Å². The number of carboxylic acids is 1. The van der Waals surface area contributed by atoms with Crippen molar-refractivity contribution in [2.45, 2.75) is 0 Å². The molecule has 1 aromatic rings. The van der Waals surface area contributed by atoms with Crippen LogP contribution in [0.2, 0.25) is 0 Å². The molecule has 0 saturated heterocycles. The molecule has 0 aliphatic carbocycles. The van der Waals surface area contributed by atoms with Crippen LogP contribution in [-0.2, 0) is 0 Å². The lowest BCUT2D eigenvalue weighted by Crippen LogP contribution is -2.02. The van der Waals surface area contributed by atoms with Gasteiger partial charge >= 0.3 is 5.97 Å². The number of nitrogens with two attached hydrogens (primary N) is 1. The minimum Gasteiger partial charge on any atom is -0.507 e. The number of nitrogens with zero attached hydrogens (tertiary/aromatic N) is 1. The van der Waals surface area contributed by atoms with Gasteiger partial charge in [0, 0.05) is 5.69 Å². The highest BCUT2D eigenvalue weighted by Crippen LogP contribution is 2.23. The molecule has 1 rings (SSSR count). The molecule has 66 valence electrons. The zero-order valence-electron chi connectivity index (χ0n) is 6.48. The fourth-order valence-corrected chi connectivity index (χ4v) is 0.880. The maximum absolute atomic E-state index is 10.5. The number of anilines is 1. The summed E-state index contributed by atoms with van der Waals surface area (Å²) in [6.45, 7) is 0. The SMILES string of the molecule is N#Cc1cc(N)c(C(=O)O)cc1O. The molecular formula is C8H6N2O3. The van der Waals surface area contributed by atoms with Crippen molar-refractivity contribution in [1.29, 1.82) is 5.26 Å². The summed E-state index contributed by atoms with van der Waals surface area (Å²) in [5.41, 5.74) is 5.03. The zero-order valence-corrected chi connectivity index (χ0v) is 6.48. The van der Waals surface area contributed by atoms with Crippen molar-refractivity contribution in [2.75, 3.05) is 5.73 Å². The minimum atomic E-state index is -1.24. The van der Waals surface area contributed by atoms with Gasteiger partial charge in [-0.15, -0.1) is 0 Å². The normalized spacial score (nSPS) is 9.15. The second-order valence-electron chi connectivity index (χ2n) is 2.37. The molecule has 0 aliphatic heterocycles. The van der Waals surface area contributed by atoms with Crippen LogP contribution in [0.3, 0.4) is 0 Å². The van der Waals surface area contributed by atoms with Crippen LogP contribution in [0.4, 0.5) is 5.69 Å². The van der Waals surface area contributed by atoms with Crippen molar-refractivity contribution in [1.82, 2.24) is 0 Å². The van der Waals surface area contributed by atoms with E-state index in [0.29, 0.717) is 0 Å². The smallest absolute Gasteiger partial charge is 0.337 e. The molecular weight excluding hydrogens is 172 g/mol. The number of hydrogen-bond donors (Lipinski definition) is 3. The Balaban J connectivity index is 3.39. The Hall–Kier alpha value is -2.22. The highest BCUT2D eigenvalue weighted by molar-refractivity contribution is 5.94. The Morgan fingerprint density at radius 3 is 2.62 bits per heavy atom. The fourth-order valence-electron chi connectivity index (χ4n) is 0.880. The molecule has 0 aromatic heterocycles. The molecule has 13 heavy (non-hydrogen) atoms. The summed E-state index contributed by atoms with van der Waals surface area (Å²) in [5, 5.41) is 26.2. The number of phenols is 1. The molecule has 1 aromatic carbocycles. The highest BCUT2D eigenvalue weighted by atomic mass is 16.4. The Labute approximate surface area is 73.6 Å². The van der Waals surface area contributed by atoms with Crippen LogP contribution in [-0.4, -0.2) is 16.2 Å². The third kappa shape index (κ3) is 1.51. The quantitative estimate of drug-likeness (QED) is 0.429. The van der Waals surface area contributed by atoms with Crippen LogP contribution in [0.25, 0.3) is 0 Å². The van der Waals surface area contributed by atoms with Gasteiger partial charge in [-0.25, -0.2) is 4.79 Å². The first-order valence-electron chi connectivity index (χ1n) is 3.32. The lowest BCUT2D eigenvalue weighted by atomic mass is 10.1. The number of aromatic carboxylic acids is 1. The molecule has 0 radical (unpaired) electrons. The van der Waals surface area contributed by atoms with E-state index in [9.17, 15) is 4.79 Å². The molecule has 0 atom stereocenters. The first-order chi connectivity index (χ1) is 6.06. The van der Waals surface area contributed by atoms with Gasteiger partial charge in [-0.1, -0.05) is 0 Å². The summed E-state index contributed by atoms with van der Waals surface area (Å²) in [5.74, 6) is -1.62. The first-order valence-corrected chi connectivity index (χ1v) is 3.32. The van der Waals surface area contributed by atoms with Gasteiger partial charge in [-0.05, 0) is 12.1 Å². The number of hydrogen-bond acceptors (Lipinski definition) is 4. The van der Waals surface area contributed by atoms with E-state index in [-0.39, 0.29) is 22.6 Å². The number of aromatic hydroxyl groups is 1. The molecule has 5 heteroatoms. The fraction of sp³-hybridized carbons (Fsp3) is 0. The standard InChI is InChI=1S/C8H6N2O3/c9-3-4-1-6(10)5(8(12)13)2-7(4)11/h1-2,11H,10H2,(H,12,13). The lowest BCUT2D eigenvalue weighted by Gasteiger charge is -2.02. The van der Waals surface area contributed by atoms with E-state index in [1.54, 1.807) is 6.07 Å². The molecule has 0 unspecified atom stereocenters. The number of rotatable bonds is 1. The van der Waals surface area contributed by atoms with Gasteiger partial charge in [0.25, 0.3) is 0 Å². The van der Waals surface area contributed by atoms with Crippen molar-refractivity contribution >= 4 is 11.7 Å². The summed E-state index contributed by atoms with van der Waals surface area (Å²) >= 11 is 0. The van der Waals surface area contributed by atoms with Crippen LogP contribution >= 0.6 is 0 Å². The number of carbonyl (C=O) groups is 1. The number of phenolic OH excluding ortho intramolecular Hbond substituents is 1. The predicted molar refractivity (Wildman–Crippen MR) is 44.2 cm³/mol. The van der Waals surface area contributed by atoms with Crippen LogP contribution in [0.15, 0.2) is 12.1 Å². The van der Waals surface area contributed by atoms with E-state index in [0.717, 1.165) is 12.1 Å². The second kappa shape index (κ2) is 3.03. The van der Waals surface area contributed by atoms with E-state index in [1.165, 1.54) is 0 Å². The molecule has 5 nitrogen and oxygen atoms in total. The Morgan fingerprint density at radius 1 is 1.54 bits per heavy atom. The first kappa shape index (κ1) is 8.87. The number of benzene rings is 1. The molecule has 0 spiro atoms. The molecule has 0 aliphatic rings. The Bertz CT molecular complexity index is 407. The van der Waals surface area contributed by atoms with Crippen molar-refractivity contribution < 1.29 is 15.0 Å².